The van der Waals surface area contributed by atoms with Gasteiger partial charge >= 0.3 is 0 Å². The molecule has 6 nitrogen and oxygen atoms in total. The number of rotatable bonds is 4. The van der Waals surface area contributed by atoms with Crippen LogP contribution in [0.1, 0.15) is 0 Å². The Kier molecular flexibility index (Phi) is 14.7. The van der Waals surface area contributed by atoms with E-state index in [1.165, 1.54) is 0 Å². The molecule has 0 unspecified atom stereocenters. The topological polar surface area (TPSA) is 73.4 Å². The van der Waals surface area contributed by atoms with Crippen LogP contribution in [-0.4, -0.2) is 52.3 Å². The molecule has 0 aliphatic rings. The van der Waals surface area contributed by atoms with Gasteiger partial charge in [-0.2, -0.15) is 0 Å². The average molecular weight is 741 g/mol. The third-order valence-electron chi connectivity index (χ3n) is 5.18. The molecule has 0 bridgehead atoms. The number of hydrogen-bond donors (Lipinski definition) is 0. The second-order valence-corrected chi connectivity index (χ2v) is 9.80. The minimum Gasteiger partial charge on any atom is -0.512 e. The Labute approximate surface area is 252 Å². The third kappa shape index (κ3) is 9.56. The summed E-state index contributed by atoms with van der Waals surface area (Å²) in [5, 5.41) is 12.5. The summed E-state index contributed by atoms with van der Waals surface area (Å²) in [7, 11) is 10.3. The Morgan fingerprint density at radius 3 is 1.17 bits per heavy atom. The first-order valence-corrected chi connectivity index (χ1v) is 11.5. The fraction of sp³-hybridized carbons (Fsp3) is 0.200. The fourth-order valence-electron chi connectivity index (χ4n) is 3.60. The van der Waals surface area contributed by atoms with E-state index in [0.29, 0.717) is 11.4 Å². The smallest absolute Gasteiger partial charge is 0.121 e. The first-order chi connectivity index (χ1) is 18.8. The zero-order chi connectivity index (χ0) is 30.7. The molecule has 0 amide bonds. The molecule has 2 heterocycles. The molecule has 0 N–H and O–H groups in total. The monoisotopic (exact) mass is 741 g/mol. The van der Waals surface area contributed by atoms with Crippen LogP contribution in [0.25, 0.3) is 22.5 Å². The van der Waals surface area contributed by atoms with Crippen molar-refractivity contribution in [2.24, 2.45) is 0 Å². The Hall–Kier alpha value is -3.99. The normalized spacial score (nSPS) is 10.3. The molecule has 217 valence electrons. The van der Waals surface area contributed by atoms with Gasteiger partial charge in [-0.15, -0.1) is 24.3 Å². The summed E-state index contributed by atoms with van der Waals surface area (Å²) in [6.45, 7) is 9.50. The van der Waals surface area contributed by atoms with Crippen molar-refractivity contribution >= 4 is 11.4 Å². The number of benzene rings is 2. The van der Waals surface area contributed by atoms with Gasteiger partial charge in [0.25, 0.3) is 0 Å². The summed E-state index contributed by atoms with van der Waals surface area (Å²) in [6, 6.07) is 17.9. The van der Waals surface area contributed by atoms with Crippen LogP contribution in [0.4, 0.5) is 28.9 Å². The van der Waals surface area contributed by atoms with Crippen LogP contribution in [0.15, 0.2) is 60.9 Å². The van der Waals surface area contributed by atoms with Gasteiger partial charge in [0.15, 0.2) is 0 Å². The summed E-state index contributed by atoms with van der Waals surface area (Å²) in [6.07, 6.45) is 3.13. The number of nitrogens with zero attached hydrogens (tertiary/aromatic N) is 6. The molecule has 4 aromatic rings. The molecule has 0 atom stereocenters. The van der Waals surface area contributed by atoms with Gasteiger partial charge in [0, 0.05) is 32.5 Å². The van der Waals surface area contributed by atoms with Crippen LogP contribution in [0.5, 0.6) is 0 Å². The van der Waals surface area contributed by atoms with E-state index in [1.807, 2.05) is 0 Å². The second kappa shape index (κ2) is 16.3. The maximum Gasteiger partial charge on any atom is 0.121 e. The van der Waals surface area contributed by atoms with Crippen molar-refractivity contribution in [3.63, 3.8) is 0 Å². The molecule has 0 aliphatic heterocycles. The minimum absolute atomic E-state index is 0. The Bertz CT molecular complexity index is 1320. The van der Waals surface area contributed by atoms with Crippen molar-refractivity contribution in [3.8, 4) is 22.5 Å². The van der Waals surface area contributed by atoms with E-state index in [1.54, 1.807) is 91.1 Å². The number of aromatic nitrogens is 2. The predicted octanol–water partition coefficient (Wildman–Crippen LogP) is 6.24. The van der Waals surface area contributed by atoms with Gasteiger partial charge in [-0.3, -0.25) is 17.6 Å². The van der Waals surface area contributed by atoms with Crippen LogP contribution < -0.4 is 8.97 Å². The molecule has 0 spiro atoms. The number of halogens is 4. The average Bonchev–Trinajstić information content (AvgIpc) is 2.91. The maximum atomic E-state index is 14.4. The van der Waals surface area contributed by atoms with Crippen molar-refractivity contribution in [1.29, 1.82) is 10.5 Å². The number of hydrogen-bond acceptors (Lipinski definition) is 4. The molecule has 0 saturated heterocycles. The van der Waals surface area contributed by atoms with Crippen LogP contribution in [0.3, 0.4) is 0 Å². The minimum atomic E-state index is -0.610. The van der Waals surface area contributed by atoms with E-state index < -0.39 is 23.3 Å². The van der Waals surface area contributed by atoms with E-state index in [-0.39, 0.29) is 51.6 Å². The van der Waals surface area contributed by atoms with Gasteiger partial charge in [0.05, 0.1) is 42.3 Å². The Morgan fingerprint density at radius 2 is 0.927 bits per heavy atom. The quantitative estimate of drug-likeness (QED) is 0.141. The van der Waals surface area contributed by atoms with E-state index >= 15 is 0 Å². The van der Waals surface area contributed by atoms with Crippen molar-refractivity contribution in [2.45, 2.75) is 0 Å². The van der Waals surface area contributed by atoms with Gasteiger partial charge in [-0.25, -0.2) is 0 Å². The molecule has 2 aromatic carbocycles. The molecule has 4 rings (SSSR count). The number of pyridine rings is 2. The van der Waals surface area contributed by atoms with E-state index in [4.69, 9.17) is 23.7 Å². The summed E-state index contributed by atoms with van der Waals surface area (Å²) < 4.78 is 56.4. The summed E-state index contributed by atoms with van der Waals surface area (Å²) in [5.41, 5.74) is 1.30. The second-order valence-electron chi connectivity index (χ2n) is 9.80. The van der Waals surface area contributed by atoms with Crippen LogP contribution in [-0.2, 0) is 20.1 Å². The summed E-state index contributed by atoms with van der Waals surface area (Å²) >= 11 is 0. The van der Waals surface area contributed by atoms with Crippen molar-refractivity contribution in [1.82, 2.24) is 18.9 Å². The predicted molar refractivity (Wildman–Crippen MR) is 146 cm³/mol. The van der Waals surface area contributed by atoms with Gasteiger partial charge in [-0.05, 0) is 23.5 Å². The molecule has 0 fully saturated rings. The third-order valence-corrected chi connectivity index (χ3v) is 5.18. The molecule has 1 radical (unpaired) electrons. The van der Waals surface area contributed by atoms with Crippen LogP contribution in [0, 0.1) is 59.1 Å². The fourth-order valence-corrected chi connectivity index (χ4v) is 3.60. The largest absolute Gasteiger partial charge is 0.512 e. The first-order valence-electron chi connectivity index (χ1n) is 11.5. The Morgan fingerprint density at radius 1 is 0.610 bits per heavy atom. The molecule has 41 heavy (non-hydrogen) atoms. The van der Waals surface area contributed by atoms with Crippen LogP contribution in [0.2, 0.25) is 0 Å². The maximum absolute atomic E-state index is 14.4. The van der Waals surface area contributed by atoms with Crippen LogP contribution >= 0.6 is 0 Å². The van der Waals surface area contributed by atoms with Crippen molar-refractivity contribution in [2.75, 3.05) is 42.3 Å². The standard InChI is InChI=1S/2C14H14F2N2.2CN.Ir/c2*1-18(2,3)14-11(15)8-7-10(13(14)16)12-6-4-5-9-17-12;2*1-2;/h2*4-6,8-9H,1-3H3;;;/q;;2*-1;. The number of quaternary nitrogens is 2. The molecule has 2 aromatic heterocycles. The molecule has 0 saturated carbocycles. The summed E-state index contributed by atoms with van der Waals surface area (Å²) in [4.78, 5) is 8.12. The van der Waals surface area contributed by atoms with E-state index in [9.17, 15) is 17.6 Å². The molecule has 11 heteroatoms. The van der Waals surface area contributed by atoms with E-state index in [2.05, 4.69) is 22.1 Å². The Balaban J connectivity index is 0.000000681. The van der Waals surface area contributed by atoms with Crippen molar-refractivity contribution < 1.29 is 37.7 Å². The molecular formula is C30H28F4IrN6-2. The zero-order valence-corrected chi connectivity index (χ0v) is 25.7. The SMILES string of the molecule is C[N+](C)(C)c1c(F)c[c-]c(-c2ccccn2)c1F.C[N+](C)(C)c1c(F)c[c-]c(-c2ccccn2)c1F.[C-]#N.[C-]#N.[Ir]. The molecule has 0 aliphatic carbocycles. The van der Waals surface area contributed by atoms with Crippen molar-refractivity contribution in [3.05, 3.63) is 109 Å². The first kappa shape index (κ1) is 37.0. The summed E-state index contributed by atoms with van der Waals surface area (Å²) in [5.74, 6) is -2.42. The zero-order valence-electron chi connectivity index (χ0n) is 23.3. The van der Waals surface area contributed by atoms with E-state index in [0.717, 1.165) is 12.1 Å². The van der Waals surface area contributed by atoms with Gasteiger partial charge in [0.1, 0.15) is 34.6 Å². The van der Waals surface area contributed by atoms with Gasteiger partial charge < -0.3 is 42.6 Å². The molecular weight excluding hydrogens is 713 g/mol. The van der Waals surface area contributed by atoms with Gasteiger partial charge in [-0.1, -0.05) is 35.4 Å². The van der Waals surface area contributed by atoms with Gasteiger partial charge in [0.2, 0.25) is 0 Å².